The van der Waals surface area contributed by atoms with Crippen LogP contribution in [0.5, 0.6) is 0 Å². The highest BCUT2D eigenvalue weighted by molar-refractivity contribution is 5.79. The lowest BCUT2D eigenvalue weighted by Crippen LogP contribution is -2.62. The molecule has 2 heterocycles. The Bertz CT molecular complexity index is 474. The van der Waals surface area contributed by atoms with E-state index in [0.29, 0.717) is 29.8 Å². The van der Waals surface area contributed by atoms with Gasteiger partial charge in [0.2, 0.25) is 5.91 Å². The Morgan fingerprint density at radius 1 is 1.04 bits per heavy atom. The van der Waals surface area contributed by atoms with Gasteiger partial charge in [0.15, 0.2) is 0 Å². The van der Waals surface area contributed by atoms with Crippen LogP contribution in [0.1, 0.15) is 70.6 Å². The summed E-state index contributed by atoms with van der Waals surface area (Å²) >= 11 is 0. The quantitative estimate of drug-likeness (QED) is 0.769. The van der Waals surface area contributed by atoms with Crippen molar-refractivity contribution in [2.24, 2.45) is 29.4 Å². The highest BCUT2D eigenvalue weighted by Gasteiger charge is 2.55. The summed E-state index contributed by atoms with van der Waals surface area (Å²) in [6.07, 6.45) is 14.2. The normalized spacial score (nSPS) is 37.9. The van der Waals surface area contributed by atoms with Gasteiger partial charge in [-0.05, 0) is 69.2 Å². The Kier molecular flexibility index (Phi) is 5.38. The van der Waals surface area contributed by atoms with E-state index >= 15 is 0 Å². The van der Waals surface area contributed by atoms with Gasteiger partial charge in [0.05, 0.1) is 5.92 Å². The van der Waals surface area contributed by atoms with Gasteiger partial charge in [-0.15, -0.1) is 0 Å². The molecule has 0 bridgehead atoms. The summed E-state index contributed by atoms with van der Waals surface area (Å²) in [4.78, 5) is 15.5. The van der Waals surface area contributed by atoms with Crippen LogP contribution in [-0.4, -0.2) is 42.5 Å². The van der Waals surface area contributed by atoms with Crippen LogP contribution in [0.2, 0.25) is 0 Å². The van der Waals surface area contributed by atoms with Gasteiger partial charge in [-0.1, -0.05) is 25.7 Å². The number of nitrogens with two attached hydrogens (primary N) is 1. The van der Waals surface area contributed by atoms with E-state index in [2.05, 4.69) is 10.2 Å². The molecule has 4 atom stereocenters. The molecule has 4 heteroatoms. The number of hydrogen-bond acceptors (Lipinski definition) is 3. The standard InChI is InChI=1S/C21H37N3O/c22-14-19(16-6-3-1-2-4-7-16)20(25)24-13-5-8-18(15-24)21-11-9-17(21)10-12-23-21/h16-19,23H,1-15,22H2. The predicted octanol–water partition coefficient (Wildman–Crippen LogP) is 2.91. The van der Waals surface area contributed by atoms with Gasteiger partial charge in [-0.3, -0.25) is 4.79 Å². The van der Waals surface area contributed by atoms with Crippen molar-refractivity contribution in [1.82, 2.24) is 10.2 Å². The molecule has 4 fully saturated rings. The van der Waals surface area contributed by atoms with Gasteiger partial charge in [-0.2, -0.15) is 0 Å². The molecule has 0 spiro atoms. The van der Waals surface area contributed by atoms with Crippen LogP contribution in [0.15, 0.2) is 0 Å². The van der Waals surface area contributed by atoms with E-state index in [4.69, 9.17) is 5.73 Å². The van der Waals surface area contributed by atoms with Gasteiger partial charge in [0, 0.05) is 25.2 Å². The van der Waals surface area contributed by atoms with Crippen molar-refractivity contribution in [2.45, 2.75) is 76.2 Å². The number of nitrogens with one attached hydrogen (secondary N) is 1. The lowest BCUT2D eigenvalue weighted by atomic mass is 9.59. The molecule has 4 nitrogen and oxygen atoms in total. The topological polar surface area (TPSA) is 58.4 Å². The van der Waals surface area contributed by atoms with Crippen LogP contribution >= 0.6 is 0 Å². The molecule has 0 aromatic rings. The lowest BCUT2D eigenvalue weighted by molar-refractivity contribution is -0.140. The third-order valence-corrected chi connectivity index (χ3v) is 8.08. The van der Waals surface area contributed by atoms with E-state index < -0.39 is 0 Å². The third kappa shape index (κ3) is 3.25. The Morgan fingerprint density at radius 3 is 2.48 bits per heavy atom. The zero-order valence-electron chi connectivity index (χ0n) is 15.8. The van der Waals surface area contributed by atoms with Crippen molar-refractivity contribution in [1.29, 1.82) is 0 Å². The van der Waals surface area contributed by atoms with Crippen LogP contribution < -0.4 is 11.1 Å². The summed E-state index contributed by atoms with van der Waals surface area (Å²) < 4.78 is 0. The molecule has 2 aliphatic heterocycles. The van der Waals surface area contributed by atoms with Crippen LogP contribution in [0.4, 0.5) is 0 Å². The summed E-state index contributed by atoms with van der Waals surface area (Å²) in [5.74, 6) is 2.52. The number of nitrogens with zero attached hydrogens (tertiary/aromatic N) is 1. The average Bonchev–Trinajstić information content (AvgIpc) is 2.81. The van der Waals surface area contributed by atoms with Gasteiger partial charge >= 0.3 is 0 Å². The minimum absolute atomic E-state index is 0.0723. The number of piperidine rings is 1. The van der Waals surface area contributed by atoms with Crippen molar-refractivity contribution in [3.8, 4) is 0 Å². The number of likely N-dealkylation sites (tertiary alicyclic amines) is 1. The molecular weight excluding hydrogens is 310 g/mol. The van der Waals surface area contributed by atoms with E-state index in [-0.39, 0.29) is 5.92 Å². The Balaban J connectivity index is 1.42. The molecule has 2 saturated heterocycles. The highest BCUT2D eigenvalue weighted by atomic mass is 16.2. The molecule has 3 N–H and O–H groups in total. The van der Waals surface area contributed by atoms with Crippen LogP contribution in [-0.2, 0) is 4.79 Å². The maximum absolute atomic E-state index is 13.3. The molecule has 4 unspecified atom stereocenters. The maximum Gasteiger partial charge on any atom is 0.227 e. The maximum atomic E-state index is 13.3. The molecule has 0 radical (unpaired) electrons. The number of rotatable bonds is 4. The Morgan fingerprint density at radius 2 is 1.84 bits per heavy atom. The molecule has 25 heavy (non-hydrogen) atoms. The predicted molar refractivity (Wildman–Crippen MR) is 101 cm³/mol. The first kappa shape index (κ1) is 17.8. The molecule has 1 amide bonds. The van der Waals surface area contributed by atoms with Crippen molar-refractivity contribution < 1.29 is 4.79 Å². The lowest BCUT2D eigenvalue weighted by Gasteiger charge is -2.53. The zero-order valence-corrected chi connectivity index (χ0v) is 15.8. The van der Waals surface area contributed by atoms with Crippen molar-refractivity contribution in [2.75, 3.05) is 26.2 Å². The molecule has 2 aliphatic carbocycles. The third-order valence-electron chi connectivity index (χ3n) is 8.08. The van der Waals surface area contributed by atoms with Gasteiger partial charge in [-0.25, -0.2) is 0 Å². The summed E-state index contributed by atoms with van der Waals surface area (Å²) in [6, 6.07) is 0. The van der Waals surface area contributed by atoms with E-state index in [1.54, 1.807) is 0 Å². The van der Waals surface area contributed by atoms with Crippen LogP contribution in [0, 0.1) is 23.7 Å². The Hall–Kier alpha value is -0.610. The number of hydrogen-bond donors (Lipinski definition) is 2. The number of carbonyl (C=O) groups is 1. The second-order valence-corrected chi connectivity index (χ2v) is 9.21. The first-order valence-electron chi connectivity index (χ1n) is 11.0. The SMILES string of the molecule is NCC(C(=O)N1CCCC(C23CCC2CCN3)C1)C1CCCCCC1. The fourth-order valence-corrected chi connectivity index (χ4v) is 6.50. The second-order valence-electron chi connectivity index (χ2n) is 9.21. The van der Waals surface area contributed by atoms with E-state index in [0.717, 1.165) is 19.0 Å². The second kappa shape index (κ2) is 7.56. The largest absolute Gasteiger partial charge is 0.342 e. The monoisotopic (exact) mass is 347 g/mol. The smallest absolute Gasteiger partial charge is 0.227 e. The molecule has 2 saturated carbocycles. The van der Waals surface area contributed by atoms with E-state index in [9.17, 15) is 4.79 Å². The zero-order chi connectivity index (χ0) is 17.3. The van der Waals surface area contributed by atoms with Crippen molar-refractivity contribution >= 4 is 5.91 Å². The molecule has 4 aliphatic rings. The minimum atomic E-state index is 0.0723. The van der Waals surface area contributed by atoms with Gasteiger partial charge in [0.1, 0.15) is 0 Å². The summed E-state index contributed by atoms with van der Waals surface area (Å²) in [5, 5.41) is 3.85. The fourth-order valence-electron chi connectivity index (χ4n) is 6.50. The fraction of sp³-hybridized carbons (Fsp3) is 0.952. The van der Waals surface area contributed by atoms with Gasteiger partial charge in [0.25, 0.3) is 0 Å². The first-order valence-corrected chi connectivity index (χ1v) is 11.0. The summed E-state index contributed by atoms with van der Waals surface area (Å²) in [5.41, 5.74) is 6.49. The van der Waals surface area contributed by atoms with E-state index in [1.807, 2.05) is 0 Å². The van der Waals surface area contributed by atoms with Crippen LogP contribution in [0.3, 0.4) is 0 Å². The number of carbonyl (C=O) groups excluding carboxylic acids is 1. The summed E-state index contributed by atoms with van der Waals surface area (Å²) in [6.45, 7) is 3.66. The number of amides is 1. The van der Waals surface area contributed by atoms with E-state index in [1.165, 1.54) is 77.2 Å². The molecule has 4 rings (SSSR count). The van der Waals surface area contributed by atoms with Crippen LogP contribution in [0.25, 0.3) is 0 Å². The molecule has 0 aromatic heterocycles. The van der Waals surface area contributed by atoms with Crippen molar-refractivity contribution in [3.63, 3.8) is 0 Å². The first-order chi connectivity index (χ1) is 12.2. The summed E-state index contributed by atoms with van der Waals surface area (Å²) in [7, 11) is 0. The molecule has 142 valence electrons. The average molecular weight is 348 g/mol. The molecule has 0 aromatic carbocycles. The number of fused-ring (bicyclic) bond motifs is 1. The molecular formula is C21H37N3O. The Labute approximate surface area is 153 Å². The van der Waals surface area contributed by atoms with Crippen molar-refractivity contribution in [3.05, 3.63) is 0 Å². The van der Waals surface area contributed by atoms with Gasteiger partial charge < -0.3 is 16.0 Å². The highest BCUT2D eigenvalue weighted by Crippen LogP contribution is 2.51. The minimum Gasteiger partial charge on any atom is -0.342 e.